The lowest BCUT2D eigenvalue weighted by Gasteiger charge is -2.29. The lowest BCUT2D eigenvalue weighted by molar-refractivity contribution is 0.468. The van der Waals surface area contributed by atoms with Crippen LogP contribution in [0.15, 0.2) is 36.4 Å². The van der Waals surface area contributed by atoms with Gasteiger partial charge in [-0.25, -0.2) is 0 Å². The van der Waals surface area contributed by atoms with E-state index in [9.17, 15) is 0 Å². The summed E-state index contributed by atoms with van der Waals surface area (Å²) in [6, 6.07) is 15.3. The van der Waals surface area contributed by atoms with Crippen LogP contribution in [0.5, 0.6) is 0 Å². The molecule has 0 unspecified atom stereocenters. The largest absolute Gasteiger partial charge is 0.316 e. The summed E-state index contributed by atoms with van der Waals surface area (Å²) in [5.41, 5.74) is 8.25. The maximum absolute atomic E-state index is 3.58. The first-order valence-corrected chi connectivity index (χ1v) is 12.9. The quantitative estimate of drug-likeness (QED) is 0.458. The number of hydrogen-bond acceptors (Lipinski definition) is 2. The SMILES string of the molecule is CC.CCC[C@@H](NC)C(c1cc(C)cc(C)c1)c1cc(C)cc(C)c1.CC[C@@H]1CCCN1.[HH]. The van der Waals surface area contributed by atoms with Crippen molar-refractivity contribution in [2.24, 2.45) is 0 Å². The van der Waals surface area contributed by atoms with Crippen LogP contribution in [-0.4, -0.2) is 25.7 Å². The molecule has 1 aliphatic heterocycles. The van der Waals surface area contributed by atoms with Crippen LogP contribution in [-0.2, 0) is 0 Å². The molecule has 2 atom stereocenters. The van der Waals surface area contributed by atoms with E-state index in [1.165, 1.54) is 72.0 Å². The minimum Gasteiger partial charge on any atom is -0.316 e. The van der Waals surface area contributed by atoms with Gasteiger partial charge in [0.05, 0.1) is 0 Å². The zero-order valence-corrected chi connectivity index (χ0v) is 22.4. The van der Waals surface area contributed by atoms with Gasteiger partial charge in [0.25, 0.3) is 0 Å². The molecule has 0 bridgehead atoms. The highest BCUT2D eigenvalue weighted by atomic mass is 14.9. The predicted molar refractivity (Wildman–Crippen MR) is 146 cm³/mol. The van der Waals surface area contributed by atoms with E-state index >= 15 is 0 Å². The summed E-state index contributed by atoms with van der Waals surface area (Å²) in [6.07, 6.45) is 6.47. The number of benzene rings is 2. The van der Waals surface area contributed by atoms with Crippen molar-refractivity contribution in [2.75, 3.05) is 13.6 Å². The molecule has 2 aromatic carbocycles. The Bertz CT molecular complexity index is 689. The molecule has 1 fully saturated rings. The Labute approximate surface area is 201 Å². The molecule has 0 radical (unpaired) electrons. The lowest BCUT2D eigenvalue weighted by atomic mass is 9.81. The van der Waals surface area contributed by atoms with Crippen LogP contribution in [0.2, 0.25) is 0 Å². The van der Waals surface area contributed by atoms with Crippen molar-refractivity contribution < 1.29 is 1.43 Å². The van der Waals surface area contributed by atoms with E-state index in [-0.39, 0.29) is 1.43 Å². The highest BCUT2D eigenvalue weighted by Crippen LogP contribution is 2.32. The first kappa shape index (κ1) is 28.4. The molecule has 0 spiro atoms. The van der Waals surface area contributed by atoms with Gasteiger partial charge in [-0.05, 0) is 78.1 Å². The molecule has 0 amide bonds. The molecule has 3 rings (SSSR count). The summed E-state index contributed by atoms with van der Waals surface area (Å²) < 4.78 is 0. The minimum absolute atomic E-state index is 0. The van der Waals surface area contributed by atoms with E-state index in [1.807, 2.05) is 13.8 Å². The van der Waals surface area contributed by atoms with Crippen molar-refractivity contribution in [3.05, 3.63) is 69.8 Å². The van der Waals surface area contributed by atoms with E-state index in [2.05, 4.69) is 95.6 Å². The third-order valence-corrected chi connectivity index (χ3v) is 6.23. The molecule has 2 N–H and O–H groups in total. The number of rotatable bonds is 7. The summed E-state index contributed by atoms with van der Waals surface area (Å²) in [7, 11) is 2.10. The predicted octanol–water partition coefficient (Wildman–Crippen LogP) is 7.86. The molecule has 32 heavy (non-hydrogen) atoms. The van der Waals surface area contributed by atoms with Gasteiger partial charge in [-0.2, -0.15) is 0 Å². The smallest absolute Gasteiger partial charge is 0.0243 e. The van der Waals surface area contributed by atoms with E-state index < -0.39 is 0 Å². The van der Waals surface area contributed by atoms with Crippen LogP contribution in [0.4, 0.5) is 0 Å². The van der Waals surface area contributed by atoms with E-state index in [0.29, 0.717) is 12.0 Å². The van der Waals surface area contributed by atoms with Crippen LogP contribution in [0.25, 0.3) is 0 Å². The van der Waals surface area contributed by atoms with Gasteiger partial charge >= 0.3 is 0 Å². The van der Waals surface area contributed by atoms with Crippen molar-refractivity contribution in [1.29, 1.82) is 0 Å². The normalized spacial score (nSPS) is 16.1. The van der Waals surface area contributed by atoms with Gasteiger partial charge < -0.3 is 10.6 Å². The third-order valence-electron chi connectivity index (χ3n) is 6.23. The second-order valence-electron chi connectivity index (χ2n) is 9.21. The number of aryl methyl sites for hydroxylation is 4. The van der Waals surface area contributed by atoms with Crippen LogP contribution in [0.3, 0.4) is 0 Å². The fourth-order valence-corrected chi connectivity index (χ4v) is 4.93. The monoisotopic (exact) mass is 440 g/mol. The zero-order chi connectivity index (χ0) is 24.1. The fourth-order valence-electron chi connectivity index (χ4n) is 4.93. The number of likely N-dealkylation sites (N-methyl/N-ethyl adjacent to an activating group) is 1. The van der Waals surface area contributed by atoms with Crippen LogP contribution < -0.4 is 10.6 Å². The van der Waals surface area contributed by atoms with E-state index in [0.717, 1.165) is 6.04 Å². The molecule has 1 saturated heterocycles. The van der Waals surface area contributed by atoms with Crippen molar-refractivity contribution >= 4 is 0 Å². The van der Waals surface area contributed by atoms with Crippen molar-refractivity contribution in [3.63, 3.8) is 0 Å². The summed E-state index contributed by atoms with van der Waals surface area (Å²) in [6.45, 7) is 18.5. The highest BCUT2D eigenvalue weighted by Gasteiger charge is 2.24. The Morgan fingerprint density at radius 2 is 1.34 bits per heavy atom. The van der Waals surface area contributed by atoms with E-state index in [4.69, 9.17) is 0 Å². The Balaban J connectivity index is 0.000000864. The van der Waals surface area contributed by atoms with Crippen molar-refractivity contribution in [3.8, 4) is 0 Å². The molecule has 2 nitrogen and oxygen atoms in total. The van der Waals surface area contributed by atoms with Gasteiger partial charge in [-0.1, -0.05) is 92.8 Å². The zero-order valence-electron chi connectivity index (χ0n) is 22.4. The molecule has 2 heteroatoms. The molecule has 1 heterocycles. The maximum atomic E-state index is 3.58. The Morgan fingerprint density at radius 1 is 0.875 bits per heavy atom. The van der Waals surface area contributed by atoms with Gasteiger partial charge in [0, 0.05) is 19.4 Å². The Hall–Kier alpha value is -1.64. The second-order valence-corrected chi connectivity index (χ2v) is 9.21. The Kier molecular flexibility index (Phi) is 13.5. The summed E-state index contributed by atoms with van der Waals surface area (Å²) in [5.74, 6) is 0.400. The van der Waals surface area contributed by atoms with Gasteiger partial charge in [0.2, 0.25) is 0 Å². The molecule has 0 aromatic heterocycles. The number of nitrogens with one attached hydrogen (secondary N) is 2. The summed E-state index contributed by atoms with van der Waals surface area (Å²) in [5, 5.41) is 6.98. The fraction of sp³-hybridized carbons (Fsp3) is 0.600. The van der Waals surface area contributed by atoms with Crippen LogP contribution in [0.1, 0.15) is 101 Å². The molecule has 0 aliphatic carbocycles. The maximum Gasteiger partial charge on any atom is 0.0243 e. The van der Waals surface area contributed by atoms with Crippen molar-refractivity contribution in [2.45, 2.75) is 105 Å². The first-order valence-electron chi connectivity index (χ1n) is 12.9. The van der Waals surface area contributed by atoms with Crippen molar-refractivity contribution in [1.82, 2.24) is 10.6 Å². The molecule has 0 saturated carbocycles. The molecule has 1 aliphatic rings. The molecule has 2 aromatic rings. The van der Waals surface area contributed by atoms with Crippen LogP contribution in [0, 0.1) is 27.7 Å². The van der Waals surface area contributed by atoms with Gasteiger partial charge in [-0.15, -0.1) is 0 Å². The second kappa shape index (κ2) is 15.2. The van der Waals surface area contributed by atoms with Gasteiger partial charge in [-0.3, -0.25) is 0 Å². The minimum atomic E-state index is 0. The Morgan fingerprint density at radius 3 is 1.62 bits per heavy atom. The van der Waals surface area contributed by atoms with E-state index in [1.54, 1.807) is 0 Å². The molecular formula is C30H52N2. The average Bonchev–Trinajstić information content (AvgIpc) is 3.28. The third kappa shape index (κ3) is 9.08. The van der Waals surface area contributed by atoms with Gasteiger partial charge in [0.1, 0.15) is 0 Å². The average molecular weight is 441 g/mol. The van der Waals surface area contributed by atoms with Crippen LogP contribution >= 0.6 is 0 Å². The topological polar surface area (TPSA) is 24.1 Å². The summed E-state index contributed by atoms with van der Waals surface area (Å²) >= 11 is 0. The number of hydrogen-bond donors (Lipinski definition) is 2. The summed E-state index contributed by atoms with van der Waals surface area (Å²) in [4.78, 5) is 0. The highest BCUT2D eigenvalue weighted by molar-refractivity contribution is 5.41. The molecule has 182 valence electrons. The molecular weight excluding hydrogens is 388 g/mol. The van der Waals surface area contributed by atoms with Gasteiger partial charge in [0.15, 0.2) is 0 Å². The first-order chi connectivity index (χ1) is 15.4. The lowest BCUT2D eigenvalue weighted by Crippen LogP contribution is -2.33. The standard InChI is InChI=1S/C22H31N.C6H13N.C2H6.H2/c1-7-8-21(23-6)22(19-11-15(2)9-16(3)12-19)20-13-17(4)10-18(5)14-20;1-2-6-4-3-5-7-6;1-2;/h9-14,21-23H,7-8H2,1-6H3;6-7H,2-5H2,1H3;1-2H3;1H/t21-;6-;;/m11../s1.